The molecule has 0 amide bonds. The molecule has 104 valence electrons. The Labute approximate surface area is 117 Å². The summed E-state index contributed by atoms with van der Waals surface area (Å²) >= 11 is 1.67. The summed E-state index contributed by atoms with van der Waals surface area (Å²) < 4.78 is 7.44. The maximum atomic E-state index is 5.36. The maximum Gasteiger partial charge on any atom is 0.193 e. The van der Waals surface area contributed by atoms with Crippen molar-refractivity contribution in [3.8, 4) is 0 Å². The van der Waals surface area contributed by atoms with E-state index in [9.17, 15) is 0 Å². The lowest BCUT2D eigenvalue weighted by Gasteiger charge is -2.29. The zero-order valence-electron chi connectivity index (χ0n) is 11.2. The van der Waals surface area contributed by atoms with Crippen LogP contribution in [-0.4, -0.2) is 53.2 Å². The van der Waals surface area contributed by atoms with Crippen LogP contribution in [-0.2, 0) is 11.3 Å². The summed E-state index contributed by atoms with van der Waals surface area (Å²) in [7, 11) is 0. The van der Waals surface area contributed by atoms with E-state index in [2.05, 4.69) is 38.1 Å². The molecule has 1 saturated heterocycles. The highest BCUT2D eigenvalue weighted by molar-refractivity contribution is 7.15. The van der Waals surface area contributed by atoms with Gasteiger partial charge in [0.15, 0.2) is 4.96 Å². The Kier molecular flexibility index (Phi) is 4.12. The Hall–Kier alpha value is -0.950. The zero-order chi connectivity index (χ0) is 13.1. The van der Waals surface area contributed by atoms with Crippen molar-refractivity contribution in [2.24, 2.45) is 0 Å². The number of aromatic nitrogens is 2. The van der Waals surface area contributed by atoms with E-state index in [1.165, 1.54) is 0 Å². The molecule has 1 fully saturated rings. The molecule has 3 rings (SSSR count). The van der Waals surface area contributed by atoms with Crippen molar-refractivity contribution in [2.75, 3.05) is 32.8 Å². The first kappa shape index (κ1) is 13.1. The van der Waals surface area contributed by atoms with Crippen molar-refractivity contribution in [1.82, 2.24) is 19.6 Å². The molecule has 1 N–H and O–H groups in total. The minimum absolute atomic E-state index is 0.470. The third-order valence-electron chi connectivity index (χ3n) is 3.41. The van der Waals surface area contributed by atoms with Gasteiger partial charge >= 0.3 is 0 Å². The van der Waals surface area contributed by atoms with E-state index in [1.807, 2.05) is 6.20 Å². The smallest absolute Gasteiger partial charge is 0.193 e. The first-order valence-electron chi connectivity index (χ1n) is 6.76. The van der Waals surface area contributed by atoms with Gasteiger partial charge in [-0.25, -0.2) is 4.98 Å². The van der Waals surface area contributed by atoms with Crippen LogP contribution in [0.5, 0.6) is 0 Å². The van der Waals surface area contributed by atoms with Gasteiger partial charge in [0.05, 0.1) is 18.9 Å². The standard InChI is InChI=1S/C13H20N4OS/c1-11(9-16-2-5-18-6-3-16)14-8-12-10-17-4-7-19-13(17)15-12/h4,7,10-11,14H,2-3,5-6,8-9H2,1H3. The van der Waals surface area contributed by atoms with E-state index < -0.39 is 0 Å². The van der Waals surface area contributed by atoms with Crippen LogP contribution >= 0.6 is 11.3 Å². The molecular weight excluding hydrogens is 260 g/mol. The van der Waals surface area contributed by atoms with Gasteiger partial charge in [-0.2, -0.15) is 0 Å². The molecule has 3 heterocycles. The Morgan fingerprint density at radius 1 is 1.47 bits per heavy atom. The van der Waals surface area contributed by atoms with Gasteiger partial charge in [0.1, 0.15) is 0 Å². The molecule has 0 bridgehead atoms. The van der Waals surface area contributed by atoms with Crippen molar-refractivity contribution in [3.63, 3.8) is 0 Å². The molecule has 19 heavy (non-hydrogen) atoms. The number of nitrogens with zero attached hydrogens (tertiary/aromatic N) is 3. The third kappa shape index (κ3) is 3.33. The van der Waals surface area contributed by atoms with Crippen LogP contribution in [0.15, 0.2) is 17.8 Å². The second kappa shape index (κ2) is 6.00. The molecule has 2 aromatic rings. The average Bonchev–Trinajstić information content (AvgIpc) is 2.98. The highest BCUT2D eigenvalue weighted by Gasteiger charge is 2.13. The van der Waals surface area contributed by atoms with Crippen LogP contribution in [0.25, 0.3) is 4.96 Å². The molecule has 0 aromatic carbocycles. The first-order chi connectivity index (χ1) is 9.31. The quantitative estimate of drug-likeness (QED) is 0.894. The topological polar surface area (TPSA) is 41.8 Å². The van der Waals surface area contributed by atoms with Crippen LogP contribution < -0.4 is 5.32 Å². The lowest BCUT2D eigenvalue weighted by Crippen LogP contribution is -2.44. The normalized spacial score (nSPS) is 19.0. The second-order valence-electron chi connectivity index (χ2n) is 5.02. The summed E-state index contributed by atoms with van der Waals surface area (Å²) in [6, 6.07) is 0.470. The number of imidazole rings is 1. The van der Waals surface area contributed by atoms with Gasteiger partial charge in [0, 0.05) is 50.0 Å². The summed E-state index contributed by atoms with van der Waals surface area (Å²) in [5.41, 5.74) is 1.11. The number of ether oxygens (including phenoxy) is 1. The van der Waals surface area contributed by atoms with Gasteiger partial charge in [-0.1, -0.05) is 0 Å². The molecule has 5 nitrogen and oxygen atoms in total. The highest BCUT2D eigenvalue weighted by atomic mass is 32.1. The average molecular weight is 280 g/mol. The van der Waals surface area contributed by atoms with Crippen molar-refractivity contribution >= 4 is 16.3 Å². The monoisotopic (exact) mass is 280 g/mol. The summed E-state index contributed by atoms with van der Waals surface area (Å²) in [4.78, 5) is 8.10. The van der Waals surface area contributed by atoms with E-state index in [-0.39, 0.29) is 0 Å². The predicted octanol–water partition coefficient (Wildman–Crippen LogP) is 1.21. The molecule has 1 atom stereocenters. The molecule has 0 saturated carbocycles. The van der Waals surface area contributed by atoms with Crippen LogP contribution in [0, 0.1) is 0 Å². The third-order valence-corrected chi connectivity index (χ3v) is 4.18. The molecule has 1 aliphatic rings. The second-order valence-corrected chi connectivity index (χ2v) is 5.89. The van der Waals surface area contributed by atoms with Crippen LogP contribution in [0.3, 0.4) is 0 Å². The van der Waals surface area contributed by atoms with Gasteiger partial charge in [-0.05, 0) is 6.92 Å². The first-order valence-corrected chi connectivity index (χ1v) is 7.64. The van der Waals surface area contributed by atoms with Crippen molar-refractivity contribution in [1.29, 1.82) is 0 Å². The van der Waals surface area contributed by atoms with Gasteiger partial charge < -0.3 is 10.1 Å². The number of morpholine rings is 1. The van der Waals surface area contributed by atoms with Gasteiger partial charge in [0.2, 0.25) is 0 Å². The lowest BCUT2D eigenvalue weighted by molar-refractivity contribution is 0.0343. The van der Waals surface area contributed by atoms with Crippen LogP contribution in [0.4, 0.5) is 0 Å². The molecule has 1 unspecified atom stereocenters. The van der Waals surface area contributed by atoms with Gasteiger partial charge in [0.25, 0.3) is 0 Å². The highest BCUT2D eigenvalue weighted by Crippen LogP contribution is 2.11. The number of nitrogens with one attached hydrogen (secondary N) is 1. The Morgan fingerprint density at radius 2 is 2.32 bits per heavy atom. The molecule has 2 aromatic heterocycles. The molecule has 0 aliphatic carbocycles. The summed E-state index contributed by atoms with van der Waals surface area (Å²) in [5, 5.41) is 5.60. The fourth-order valence-corrected chi connectivity index (χ4v) is 3.09. The maximum absolute atomic E-state index is 5.36. The van der Waals surface area contributed by atoms with E-state index in [0.29, 0.717) is 6.04 Å². The molecule has 6 heteroatoms. The Morgan fingerprint density at radius 3 is 3.11 bits per heavy atom. The van der Waals surface area contributed by atoms with E-state index in [1.54, 1.807) is 11.3 Å². The van der Waals surface area contributed by atoms with Gasteiger partial charge in [-0.15, -0.1) is 11.3 Å². The Bertz CT molecular complexity index is 489. The van der Waals surface area contributed by atoms with Gasteiger partial charge in [-0.3, -0.25) is 9.30 Å². The van der Waals surface area contributed by atoms with Crippen molar-refractivity contribution in [2.45, 2.75) is 19.5 Å². The number of rotatable bonds is 5. The molecule has 1 aliphatic heterocycles. The Balaban J connectivity index is 1.47. The SMILES string of the molecule is CC(CN1CCOCC1)NCc1cn2ccsc2n1. The zero-order valence-corrected chi connectivity index (χ0v) is 12.0. The fraction of sp³-hybridized carbons (Fsp3) is 0.615. The number of hydrogen-bond donors (Lipinski definition) is 1. The summed E-state index contributed by atoms with van der Waals surface area (Å²) in [6.07, 6.45) is 4.15. The van der Waals surface area contributed by atoms with Crippen molar-refractivity contribution < 1.29 is 4.74 Å². The van der Waals surface area contributed by atoms with Crippen LogP contribution in [0.2, 0.25) is 0 Å². The predicted molar refractivity (Wildman–Crippen MR) is 76.6 cm³/mol. The minimum atomic E-state index is 0.470. The number of hydrogen-bond acceptors (Lipinski definition) is 5. The van der Waals surface area contributed by atoms with E-state index in [0.717, 1.165) is 50.0 Å². The molecule has 0 radical (unpaired) electrons. The molecular formula is C13H20N4OS. The summed E-state index contributed by atoms with van der Waals surface area (Å²) in [6.45, 7) is 7.96. The number of fused-ring (bicyclic) bond motifs is 1. The molecule has 0 spiro atoms. The largest absolute Gasteiger partial charge is 0.379 e. The fourth-order valence-electron chi connectivity index (χ4n) is 2.38. The number of thiazole rings is 1. The van der Waals surface area contributed by atoms with E-state index in [4.69, 9.17) is 4.74 Å². The van der Waals surface area contributed by atoms with Crippen LogP contribution in [0.1, 0.15) is 12.6 Å². The van der Waals surface area contributed by atoms with E-state index >= 15 is 0 Å². The van der Waals surface area contributed by atoms with Crippen molar-refractivity contribution in [3.05, 3.63) is 23.5 Å². The minimum Gasteiger partial charge on any atom is -0.379 e. The summed E-state index contributed by atoms with van der Waals surface area (Å²) in [5.74, 6) is 0. The lowest BCUT2D eigenvalue weighted by atomic mass is 10.2.